The Hall–Kier alpha value is -2.64. The van der Waals surface area contributed by atoms with Crippen LogP contribution in [0, 0.1) is 0 Å². The fourth-order valence-corrected chi connectivity index (χ4v) is 4.38. The first-order valence-electron chi connectivity index (χ1n) is 8.72. The van der Waals surface area contributed by atoms with E-state index in [2.05, 4.69) is 5.32 Å². The SMILES string of the molecule is COc1ccc(/C=C/C(=O)Nc2ccc(S(=O)(=O)N3CCCC3)cc2)cc1. The summed E-state index contributed by atoms with van der Waals surface area (Å²) in [6.45, 7) is 1.13. The van der Waals surface area contributed by atoms with Crippen molar-refractivity contribution in [3.63, 3.8) is 0 Å². The summed E-state index contributed by atoms with van der Waals surface area (Å²) < 4.78 is 31.6. The number of hydrogen-bond donors (Lipinski definition) is 1. The predicted molar refractivity (Wildman–Crippen MR) is 105 cm³/mol. The Morgan fingerprint density at radius 1 is 1.04 bits per heavy atom. The van der Waals surface area contributed by atoms with Crippen LogP contribution < -0.4 is 10.1 Å². The van der Waals surface area contributed by atoms with Gasteiger partial charge in [-0.25, -0.2) is 8.42 Å². The first-order valence-corrected chi connectivity index (χ1v) is 10.2. The summed E-state index contributed by atoms with van der Waals surface area (Å²) in [6.07, 6.45) is 4.92. The van der Waals surface area contributed by atoms with Crippen LogP contribution in [-0.4, -0.2) is 38.8 Å². The van der Waals surface area contributed by atoms with E-state index in [0.717, 1.165) is 24.2 Å². The standard InChI is InChI=1S/C20H22N2O4S/c1-26-18-9-4-16(5-10-18)6-13-20(23)21-17-7-11-19(12-8-17)27(24,25)22-14-2-3-15-22/h4-13H,2-3,14-15H2,1H3,(H,21,23)/b13-6+. The van der Waals surface area contributed by atoms with E-state index in [-0.39, 0.29) is 10.8 Å². The molecule has 2 aromatic rings. The first kappa shape index (κ1) is 19.1. The van der Waals surface area contributed by atoms with E-state index in [9.17, 15) is 13.2 Å². The molecule has 1 amide bonds. The average molecular weight is 386 g/mol. The van der Waals surface area contributed by atoms with Gasteiger partial charge in [-0.05, 0) is 60.9 Å². The van der Waals surface area contributed by atoms with Gasteiger partial charge in [0.2, 0.25) is 15.9 Å². The molecular formula is C20H22N2O4S. The minimum atomic E-state index is -3.44. The number of ether oxygens (including phenoxy) is 1. The van der Waals surface area contributed by atoms with Gasteiger partial charge in [-0.2, -0.15) is 4.31 Å². The number of benzene rings is 2. The van der Waals surface area contributed by atoms with Gasteiger partial charge in [-0.15, -0.1) is 0 Å². The monoisotopic (exact) mass is 386 g/mol. The second-order valence-corrected chi connectivity index (χ2v) is 8.17. The third-order valence-corrected chi connectivity index (χ3v) is 6.28. The molecule has 1 aliphatic rings. The molecule has 1 saturated heterocycles. The average Bonchev–Trinajstić information content (AvgIpc) is 3.23. The van der Waals surface area contributed by atoms with Crippen molar-refractivity contribution < 1.29 is 17.9 Å². The lowest BCUT2D eigenvalue weighted by Crippen LogP contribution is -2.27. The lowest BCUT2D eigenvalue weighted by molar-refractivity contribution is -0.111. The number of sulfonamides is 1. The van der Waals surface area contributed by atoms with Crippen LogP contribution in [-0.2, 0) is 14.8 Å². The molecule has 142 valence electrons. The van der Waals surface area contributed by atoms with E-state index in [4.69, 9.17) is 4.74 Å². The highest BCUT2D eigenvalue weighted by atomic mass is 32.2. The van der Waals surface area contributed by atoms with Crippen LogP contribution in [0.3, 0.4) is 0 Å². The van der Waals surface area contributed by atoms with Crippen LogP contribution in [0.2, 0.25) is 0 Å². The number of carbonyl (C=O) groups is 1. The van der Waals surface area contributed by atoms with Crippen LogP contribution in [0.1, 0.15) is 18.4 Å². The normalized spacial score (nSPS) is 15.1. The van der Waals surface area contributed by atoms with Gasteiger partial charge in [0.05, 0.1) is 12.0 Å². The fraction of sp³-hybridized carbons (Fsp3) is 0.250. The molecule has 0 bridgehead atoms. The van der Waals surface area contributed by atoms with Crippen molar-refractivity contribution in [1.82, 2.24) is 4.31 Å². The van der Waals surface area contributed by atoms with Gasteiger partial charge in [0, 0.05) is 24.9 Å². The second-order valence-electron chi connectivity index (χ2n) is 6.23. The number of amides is 1. The molecule has 1 fully saturated rings. The molecule has 0 unspecified atom stereocenters. The van der Waals surface area contributed by atoms with Crippen molar-refractivity contribution in [2.45, 2.75) is 17.7 Å². The van der Waals surface area contributed by atoms with Crippen LogP contribution in [0.15, 0.2) is 59.5 Å². The van der Waals surface area contributed by atoms with Crippen molar-refractivity contribution in [3.8, 4) is 5.75 Å². The van der Waals surface area contributed by atoms with Gasteiger partial charge in [0.15, 0.2) is 0 Å². The topological polar surface area (TPSA) is 75.7 Å². The van der Waals surface area contributed by atoms with Crippen molar-refractivity contribution in [1.29, 1.82) is 0 Å². The van der Waals surface area contributed by atoms with Crippen LogP contribution in [0.4, 0.5) is 5.69 Å². The maximum atomic E-state index is 12.5. The van der Waals surface area contributed by atoms with Crippen molar-refractivity contribution in [2.75, 3.05) is 25.5 Å². The highest BCUT2D eigenvalue weighted by Crippen LogP contribution is 2.22. The summed E-state index contributed by atoms with van der Waals surface area (Å²) in [4.78, 5) is 12.3. The molecular weight excluding hydrogens is 364 g/mol. The Balaban J connectivity index is 1.61. The van der Waals surface area contributed by atoms with Crippen LogP contribution in [0.5, 0.6) is 5.75 Å². The van der Waals surface area contributed by atoms with E-state index in [0.29, 0.717) is 18.8 Å². The molecule has 0 atom stereocenters. The van der Waals surface area contributed by atoms with E-state index in [1.165, 1.54) is 22.5 Å². The molecule has 1 aliphatic heterocycles. The third kappa shape index (κ3) is 4.75. The Bertz CT molecular complexity index is 913. The molecule has 1 N–H and O–H groups in total. The van der Waals surface area contributed by atoms with Gasteiger partial charge >= 0.3 is 0 Å². The maximum absolute atomic E-state index is 12.5. The van der Waals surface area contributed by atoms with E-state index >= 15 is 0 Å². The molecule has 6 nitrogen and oxygen atoms in total. The molecule has 3 rings (SSSR count). The molecule has 0 radical (unpaired) electrons. The number of methoxy groups -OCH3 is 1. The number of anilines is 1. The van der Waals surface area contributed by atoms with E-state index < -0.39 is 10.0 Å². The van der Waals surface area contributed by atoms with Crippen LogP contribution >= 0.6 is 0 Å². The quantitative estimate of drug-likeness (QED) is 0.774. The summed E-state index contributed by atoms with van der Waals surface area (Å²) >= 11 is 0. The molecule has 2 aromatic carbocycles. The predicted octanol–water partition coefficient (Wildman–Crippen LogP) is 3.13. The summed E-state index contributed by atoms with van der Waals surface area (Å²) in [5.41, 5.74) is 1.41. The largest absolute Gasteiger partial charge is 0.497 e. The summed E-state index contributed by atoms with van der Waals surface area (Å²) in [6, 6.07) is 13.6. The zero-order valence-corrected chi connectivity index (χ0v) is 15.9. The van der Waals surface area contributed by atoms with Crippen molar-refractivity contribution >= 4 is 27.7 Å². The first-order chi connectivity index (χ1) is 13.0. The van der Waals surface area contributed by atoms with Gasteiger partial charge in [-0.3, -0.25) is 4.79 Å². The minimum Gasteiger partial charge on any atom is -0.497 e. The van der Waals surface area contributed by atoms with Gasteiger partial charge in [-0.1, -0.05) is 12.1 Å². The fourth-order valence-electron chi connectivity index (χ4n) is 2.86. The zero-order valence-electron chi connectivity index (χ0n) is 15.1. The number of nitrogens with zero attached hydrogens (tertiary/aromatic N) is 1. The highest BCUT2D eigenvalue weighted by molar-refractivity contribution is 7.89. The van der Waals surface area contributed by atoms with E-state index in [1.54, 1.807) is 25.3 Å². The minimum absolute atomic E-state index is 0.246. The highest BCUT2D eigenvalue weighted by Gasteiger charge is 2.26. The van der Waals surface area contributed by atoms with Crippen molar-refractivity contribution in [2.24, 2.45) is 0 Å². The number of rotatable bonds is 6. The zero-order chi connectivity index (χ0) is 19.3. The molecule has 0 aliphatic carbocycles. The number of carbonyl (C=O) groups excluding carboxylic acids is 1. The Labute approximate surface area is 159 Å². The molecule has 27 heavy (non-hydrogen) atoms. The lowest BCUT2D eigenvalue weighted by Gasteiger charge is -2.15. The van der Waals surface area contributed by atoms with Gasteiger partial charge in [0.25, 0.3) is 0 Å². The van der Waals surface area contributed by atoms with E-state index in [1.807, 2.05) is 24.3 Å². The molecule has 7 heteroatoms. The smallest absolute Gasteiger partial charge is 0.248 e. The molecule has 0 spiro atoms. The van der Waals surface area contributed by atoms with Gasteiger partial charge in [0.1, 0.15) is 5.75 Å². The van der Waals surface area contributed by atoms with Crippen molar-refractivity contribution in [3.05, 3.63) is 60.2 Å². The molecule has 0 aromatic heterocycles. The summed E-state index contributed by atoms with van der Waals surface area (Å²) in [5.74, 6) is 0.460. The van der Waals surface area contributed by atoms with Crippen LogP contribution in [0.25, 0.3) is 6.08 Å². The Kier molecular flexibility index (Phi) is 5.93. The second kappa shape index (κ2) is 8.37. The maximum Gasteiger partial charge on any atom is 0.248 e. The summed E-state index contributed by atoms with van der Waals surface area (Å²) in [7, 11) is -1.84. The molecule has 1 heterocycles. The third-order valence-electron chi connectivity index (χ3n) is 4.37. The molecule has 0 saturated carbocycles. The lowest BCUT2D eigenvalue weighted by atomic mass is 10.2. The number of hydrogen-bond acceptors (Lipinski definition) is 4. The Morgan fingerprint density at radius 2 is 1.67 bits per heavy atom. The number of nitrogens with one attached hydrogen (secondary N) is 1. The van der Waals surface area contributed by atoms with Gasteiger partial charge < -0.3 is 10.1 Å². The Morgan fingerprint density at radius 3 is 2.26 bits per heavy atom. The summed E-state index contributed by atoms with van der Waals surface area (Å²) in [5, 5.41) is 2.72.